The van der Waals surface area contributed by atoms with E-state index in [1.165, 1.54) is 17.7 Å². The summed E-state index contributed by atoms with van der Waals surface area (Å²) >= 11 is 0. The molecule has 3 rings (SSSR count). The highest BCUT2D eigenvalue weighted by Crippen LogP contribution is 2.43. The molecule has 0 aliphatic heterocycles. The number of esters is 1. The lowest BCUT2D eigenvalue weighted by Crippen LogP contribution is -2.46. The van der Waals surface area contributed by atoms with E-state index < -0.39 is 22.6 Å². The molecule has 0 saturated heterocycles. The van der Waals surface area contributed by atoms with Gasteiger partial charge in [-0.2, -0.15) is 0 Å². The second-order valence-electron chi connectivity index (χ2n) is 7.85. The molecule has 0 unspecified atom stereocenters. The van der Waals surface area contributed by atoms with Crippen LogP contribution in [0.3, 0.4) is 0 Å². The van der Waals surface area contributed by atoms with Gasteiger partial charge in [-0.1, -0.05) is 49.7 Å². The number of anilines is 1. The number of ether oxygens (including phenoxy) is 1. The first-order chi connectivity index (χ1) is 14.8. The summed E-state index contributed by atoms with van der Waals surface area (Å²) in [7, 11) is -3.46. The Morgan fingerprint density at radius 1 is 1.06 bits per heavy atom. The van der Waals surface area contributed by atoms with Crippen molar-refractivity contribution in [1.82, 2.24) is 5.32 Å². The Bertz CT molecular complexity index is 1020. The largest absolute Gasteiger partial charge is 0.452 e. The van der Waals surface area contributed by atoms with Crippen molar-refractivity contribution >= 4 is 27.6 Å². The van der Waals surface area contributed by atoms with Gasteiger partial charge in [-0.25, -0.2) is 13.2 Å². The maximum absolute atomic E-state index is 12.3. The number of amides is 1. The Labute approximate surface area is 183 Å². The minimum absolute atomic E-state index is 0.00762. The number of benzene rings is 2. The monoisotopic (exact) mass is 444 g/mol. The third kappa shape index (κ3) is 6.07. The quantitative estimate of drug-likeness (QED) is 0.548. The van der Waals surface area contributed by atoms with Crippen LogP contribution in [0.25, 0.3) is 0 Å². The van der Waals surface area contributed by atoms with Gasteiger partial charge in [0.05, 0.1) is 11.3 Å². The molecular formula is C23H28N2O5S. The summed E-state index contributed by atoms with van der Waals surface area (Å²) in [6.45, 7) is 1.88. The predicted molar refractivity (Wildman–Crippen MR) is 119 cm³/mol. The maximum atomic E-state index is 12.3. The standard InChI is InChI=1S/C23H28N2O5S/c1-2-14-31(28,29)25-20-11-6-8-18(15-20)22(27)30-16-21(26)24-17-23(12-7-13-23)19-9-4-3-5-10-19/h3-6,8-11,15,25H,2,7,12-14,16-17H2,1H3,(H,24,26). The summed E-state index contributed by atoms with van der Waals surface area (Å²) in [5.74, 6) is -1.06. The molecule has 1 fully saturated rings. The number of sulfonamides is 1. The normalized spacial score (nSPS) is 14.9. The Hall–Kier alpha value is -2.87. The van der Waals surface area contributed by atoms with Crippen LogP contribution < -0.4 is 10.0 Å². The van der Waals surface area contributed by atoms with E-state index in [2.05, 4.69) is 22.2 Å². The third-order valence-corrected chi connectivity index (χ3v) is 6.99. The predicted octanol–water partition coefficient (Wildman–Crippen LogP) is 3.23. The SMILES string of the molecule is CCCS(=O)(=O)Nc1cccc(C(=O)OCC(=O)NCC2(c3ccccc3)CCC2)c1. The van der Waals surface area contributed by atoms with Crippen molar-refractivity contribution in [2.75, 3.05) is 23.6 Å². The summed E-state index contributed by atoms with van der Waals surface area (Å²) in [5.41, 5.74) is 1.61. The first kappa shape index (κ1) is 22.8. The minimum atomic E-state index is -3.46. The molecule has 1 amide bonds. The molecule has 31 heavy (non-hydrogen) atoms. The maximum Gasteiger partial charge on any atom is 0.338 e. The van der Waals surface area contributed by atoms with E-state index in [-0.39, 0.29) is 28.3 Å². The highest BCUT2D eigenvalue weighted by molar-refractivity contribution is 7.92. The summed E-state index contributed by atoms with van der Waals surface area (Å²) in [6.07, 6.45) is 3.63. The van der Waals surface area contributed by atoms with Crippen LogP contribution >= 0.6 is 0 Å². The van der Waals surface area contributed by atoms with Crippen LogP contribution in [0.15, 0.2) is 54.6 Å². The van der Waals surface area contributed by atoms with E-state index in [0.717, 1.165) is 19.3 Å². The first-order valence-corrected chi connectivity index (χ1v) is 12.1. The highest BCUT2D eigenvalue weighted by Gasteiger charge is 2.38. The number of hydrogen-bond acceptors (Lipinski definition) is 5. The highest BCUT2D eigenvalue weighted by atomic mass is 32.2. The Balaban J connectivity index is 1.51. The van der Waals surface area contributed by atoms with E-state index in [1.54, 1.807) is 19.1 Å². The van der Waals surface area contributed by atoms with Crippen LogP contribution in [0.1, 0.15) is 48.5 Å². The van der Waals surface area contributed by atoms with Gasteiger partial charge in [0.25, 0.3) is 5.91 Å². The molecular weight excluding hydrogens is 416 g/mol. The molecule has 0 heterocycles. The van der Waals surface area contributed by atoms with Gasteiger partial charge in [0, 0.05) is 17.6 Å². The molecule has 1 aliphatic carbocycles. The summed E-state index contributed by atoms with van der Waals surface area (Å²) in [6, 6.07) is 16.1. The van der Waals surface area contributed by atoms with Gasteiger partial charge in [-0.05, 0) is 43.0 Å². The molecule has 0 atom stereocenters. The fraction of sp³-hybridized carbons (Fsp3) is 0.391. The Kier molecular flexibility index (Phi) is 7.33. The zero-order valence-corrected chi connectivity index (χ0v) is 18.4. The third-order valence-electron chi connectivity index (χ3n) is 5.50. The van der Waals surface area contributed by atoms with Gasteiger partial charge in [0.2, 0.25) is 10.0 Å². The fourth-order valence-corrected chi connectivity index (χ4v) is 4.83. The minimum Gasteiger partial charge on any atom is -0.452 e. The molecule has 166 valence electrons. The van der Waals surface area contributed by atoms with Crippen molar-refractivity contribution in [1.29, 1.82) is 0 Å². The zero-order chi connectivity index (χ0) is 22.3. The van der Waals surface area contributed by atoms with Gasteiger partial charge in [0.15, 0.2) is 6.61 Å². The summed E-state index contributed by atoms with van der Waals surface area (Å²) < 4.78 is 31.3. The Morgan fingerprint density at radius 3 is 2.45 bits per heavy atom. The van der Waals surface area contributed by atoms with Gasteiger partial charge in [-0.15, -0.1) is 0 Å². The summed E-state index contributed by atoms with van der Waals surface area (Å²) in [5, 5.41) is 2.88. The lowest BCUT2D eigenvalue weighted by molar-refractivity contribution is -0.124. The number of hydrogen-bond donors (Lipinski definition) is 2. The van der Waals surface area contributed by atoms with E-state index in [4.69, 9.17) is 4.74 Å². The molecule has 0 spiro atoms. The Morgan fingerprint density at radius 2 is 1.81 bits per heavy atom. The van der Waals surface area contributed by atoms with Crippen molar-refractivity contribution in [2.24, 2.45) is 0 Å². The summed E-state index contributed by atoms with van der Waals surface area (Å²) in [4.78, 5) is 24.5. The molecule has 7 nitrogen and oxygen atoms in total. The number of nitrogens with one attached hydrogen (secondary N) is 2. The van der Waals surface area contributed by atoms with Gasteiger partial charge in [0.1, 0.15) is 0 Å². The molecule has 2 aromatic carbocycles. The van der Waals surface area contributed by atoms with Crippen LogP contribution in [0, 0.1) is 0 Å². The molecule has 1 saturated carbocycles. The van der Waals surface area contributed by atoms with Crippen molar-refractivity contribution in [2.45, 2.75) is 38.0 Å². The van der Waals surface area contributed by atoms with E-state index in [9.17, 15) is 18.0 Å². The van der Waals surface area contributed by atoms with Crippen molar-refractivity contribution in [3.05, 3.63) is 65.7 Å². The van der Waals surface area contributed by atoms with Crippen LogP contribution in [0.4, 0.5) is 5.69 Å². The molecule has 2 aromatic rings. The van der Waals surface area contributed by atoms with Crippen molar-refractivity contribution < 1.29 is 22.7 Å². The molecule has 1 aliphatic rings. The second-order valence-corrected chi connectivity index (χ2v) is 9.70. The number of carbonyl (C=O) groups excluding carboxylic acids is 2. The average Bonchev–Trinajstić information content (AvgIpc) is 2.71. The topological polar surface area (TPSA) is 102 Å². The van der Waals surface area contributed by atoms with Crippen LogP contribution in [-0.2, 0) is 25.0 Å². The van der Waals surface area contributed by atoms with Crippen molar-refractivity contribution in [3.63, 3.8) is 0 Å². The lowest BCUT2D eigenvalue weighted by atomic mass is 9.64. The van der Waals surface area contributed by atoms with Crippen LogP contribution in [-0.4, -0.2) is 39.2 Å². The first-order valence-electron chi connectivity index (χ1n) is 10.4. The molecule has 0 aromatic heterocycles. The molecule has 2 N–H and O–H groups in total. The van der Waals surface area contributed by atoms with Gasteiger partial charge < -0.3 is 10.1 Å². The second kappa shape index (κ2) is 9.96. The van der Waals surface area contributed by atoms with E-state index in [0.29, 0.717) is 13.0 Å². The molecule has 8 heteroatoms. The lowest BCUT2D eigenvalue weighted by Gasteiger charge is -2.42. The number of carbonyl (C=O) groups is 2. The van der Waals surface area contributed by atoms with Gasteiger partial charge >= 0.3 is 5.97 Å². The van der Waals surface area contributed by atoms with Gasteiger partial charge in [-0.3, -0.25) is 9.52 Å². The fourth-order valence-electron chi connectivity index (χ4n) is 3.70. The molecule has 0 bridgehead atoms. The smallest absolute Gasteiger partial charge is 0.338 e. The van der Waals surface area contributed by atoms with E-state index in [1.807, 2.05) is 18.2 Å². The molecule has 0 radical (unpaired) electrons. The van der Waals surface area contributed by atoms with Crippen LogP contribution in [0.5, 0.6) is 0 Å². The van der Waals surface area contributed by atoms with Crippen molar-refractivity contribution in [3.8, 4) is 0 Å². The van der Waals surface area contributed by atoms with Crippen LogP contribution in [0.2, 0.25) is 0 Å². The van der Waals surface area contributed by atoms with E-state index >= 15 is 0 Å². The zero-order valence-electron chi connectivity index (χ0n) is 17.6. The number of rotatable bonds is 10. The average molecular weight is 445 g/mol.